The van der Waals surface area contributed by atoms with Crippen LogP contribution in [0, 0.1) is 0 Å². The maximum atomic E-state index is 11.3. The fourth-order valence-corrected chi connectivity index (χ4v) is 1.54. The molecule has 1 amide bonds. The van der Waals surface area contributed by atoms with Crippen LogP contribution in [0.5, 0.6) is 0 Å². The molecule has 74 valence electrons. The van der Waals surface area contributed by atoms with Gasteiger partial charge in [0.05, 0.1) is 19.3 Å². The minimum atomic E-state index is 0.00574. The molecule has 0 spiro atoms. The van der Waals surface area contributed by atoms with Gasteiger partial charge in [-0.1, -0.05) is 30.3 Å². The first-order valence-corrected chi connectivity index (χ1v) is 4.78. The summed E-state index contributed by atoms with van der Waals surface area (Å²) in [6.07, 6.45) is 0.462. The third-order valence-electron chi connectivity index (χ3n) is 2.30. The second-order valence-electron chi connectivity index (χ2n) is 3.36. The van der Waals surface area contributed by atoms with Gasteiger partial charge in [0.25, 0.3) is 0 Å². The number of carbonyl (C=O) groups excluding carboxylic acids is 1. The largest absolute Gasteiger partial charge is 0.378 e. The highest BCUT2D eigenvalue weighted by Crippen LogP contribution is 2.14. The maximum Gasteiger partial charge on any atom is 0.222 e. The Hall–Kier alpha value is -1.35. The van der Waals surface area contributed by atoms with Crippen LogP contribution in [0.15, 0.2) is 30.3 Å². The molecule has 1 aromatic carbocycles. The minimum absolute atomic E-state index is 0.00574. The molecular formula is C11H13NO2. The first-order chi connectivity index (χ1) is 6.86. The number of hydrogen-bond acceptors (Lipinski definition) is 2. The van der Waals surface area contributed by atoms with Gasteiger partial charge in [0.2, 0.25) is 5.91 Å². The van der Waals surface area contributed by atoms with Gasteiger partial charge in [-0.05, 0) is 5.56 Å². The Morgan fingerprint density at radius 2 is 2.07 bits per heavy atom. The molecule has 1 saturated heterocycles. The van der Waals surface area contributed by atoms with E-state index in [0.717, 1.165) is 5.56 Å². The van der Waals surface area contributed by atoms with Gasteiger partial charge < -0.3 is 10.1 Å². The van der Waals surface area contributed by atoms with E-state index in [1.165, 1.54) is 0 Å². The third kappa shape index (κ3) is 2.12. The molecule has 1 atom stereocenters. The molecule has 1 aliphatic rings. The highest BCUT2D eigenvalue weighted by atomic mass is 16.5. The predicted molar refractivity (Wildman–Crippen MR) is 52.8 cm³/mol. The van der Waals surface area contributed by atoms with Crippen molar-refractivity contribution in [3.8, 4) is 0 Å². The zero-order chi connectivity index (χ0) is 9.80. The summed E-state index contributed by atoms with van der Waals surface area (Å²) in [4.78, 5) is 11.3. The summed E-state index contributed by atoms with van der Waals surface area (Å²) in [5, 5.41) is 2.93. The number of nitrogens with one attached hydrogen (secondary N) is 1. The van der Waals surface area contributed by atoms with E-state index < -0.39 is 0 Å². The van der Waals surface area contributed by atoms with Crippen molar-refractivity contribution in [2.24, 2.45) is 0 Å². The quantitative estimate of drug-likeness (QED) is 0.725. The summed E-state index contributed by atoms with van der Waals surface area (Å²) in [5.41, 5.74) is 1.10. The number of amides is 1. The van der Waals surface area contributed by atoms with E-state index in [4.69, 9.17) is 4.74 Å². The summed E-state index contributed by atoms with van der Waals surface area (Å²) in [6, 6.07) is 9.90. The number of benzene rings is 1. The molecule has 0 bridgehead atoms. The molecule has 1 N–H and O–H groups in total. The lowest BCUT2D eigenvalue weighted by atomic mass is 10.1. The zero-order valence-electron chi connectivity index (χ0n) is 7.90. The van der Waals surface area contributed by atoms with Gasteiger partial charge in [0.15, 0.2) is 0 Å². The molecule has 0 saturated carbocycles. The van der Waals surface area contributed by atoms with Gasteiger partial charge in [-0.3, -0.25) is 4.79 Å². The summed E-state index contributed by atoms with van der Waals surface area (Å²) in [5.74, 6) is 0.0661. The standard InChI is InChI=1S/C11H13NO2/c13-11-6-7-14-8-10(12-11)9-4-2-1-3-5-9/h1-5,10H,6-8H2,(H,12,13)/t10-/m1/s1. The van der Waals surface area contributed by atoms with Crippen LogP contribution in [-0.4, -0.2) is 19.1 Å². The van der Waals surface area contributed by atoms with Gasteiger partial charge in [-0.15, -0.1) is 0 Å². The van der Waals surface area contributed by atoms with Crippen molar-refractivity contribution in [3.05, 3.63) is 35.9 Å². The van der Waals surface area contributed by atoms with Gasteiger partial charge in [0, 0.05) is 6.42 Å². The Morgan fingerprint density at radius 3 is 2.86 bits per heavy atom. The van der Waals surface area contributed by atoms with E-state index in [0.29, 0.717) is 19.6 Å². The number of hydrogen-bond donors (Lipinski definition) is 1. The lowest BCUT2D eigenvalue weighted by Gasteiger charge is -2.15. The maximum absolute atomic E-state index is 11.3. The van der Waals surface area contributed by atoms with Crippen LogP contribution in [0.3, 0.4) is 0 Å². The average Bonchev–Trinajstić information content (AvgIpc) is 2.44. The van der Waals surface area contributed by atoms with E-state index in [9.17, 15) is 4.79 Å². The molecule has 3 heteroatoms. The SMILES string of the molecule is O=C1CCOC[C@H](c2ccccc2)N1. The summed E-state index contributed by atoms with van der Waals surface area (Å²) in [6.45, 7) is 1.09. The first-order valence-electron chi connectivity index (χ1n) is 4.78. The number of ether oxygens (including phenoxy) is 1. The summed E-state index contributed by atoms with van der Waals surface area (Å²) < 4.78 is 5.35. The van der Waals surface area contributed by atoms with Gasteiger partial charge in [-0.2, -0.15) is 0 Å². The Bertz CT molecular complexity index is 310. The molecule has 3 nitrogen and oxygen atoms in total. The number of carbonyl (C=O) groups is 1. The monoisotopic (exact) mass is 191 g/mol. The summed E-state index contributed by atoms with van der Waals surface area (Å²) >= 11 is 0. The predicted octanol–water partition coefficient (Wildman–Crippen LogP) is 1.26. The van der Waals surface area contributed by atoms with Crippen molar-refractivity contribution in [2.75, 3.05) is 13.2 Å². The van der Waals surface area contributed by atoms with Crippen molar-refractivity contribution < 1.29 is 9.53 Å². The fourth-order valence-electron chi connectivity index (χ4n) is 1.54. The molecule has 0 aromatic heterocycles. The Balaban J connectivity index is 2.13. The van der Waals surface area contributed by atoms with Crippen LogP contribution in [0.1, 0.15) is 18.0 Å². The molecule has 14 heavy (non-hydrogen) atoms. The van der Waals surface area contributed by atoms with Crippen LogP contribution >= 0.6 is 0 Å². The first kappa shape index (κ1) is 9.21. The molecule has 2 rings (SSSR count). The van der Waals surface area contributed by atoms with Crippen molar-refractivity contribution >= 4 is 5.91 Å². The highest BCUT2D eigenvalue weighted by molar-refractivity contribution is 5.76. The minimum Gasteiger partial charge on any atom is -0.378 e. The topological polar surface area (TPSA) is 38.3 Å². The average molecular weight is 191 g/mol. The Labute approximate surface area is 83.1 Å². The molecule has 1 aromatic rings. The van der Waals surface area contributed by atoms with Gasteiger partial charge in [-0.25, -0.2) is 0 Å². The van der Waals surface area contributed by atoms with Crippen LogP contribution in [-0.2, 0) is 9.53 Å². The molecule has 1 aliphatic heterocycles. The van der Waals surface area contributed by atoms with Crippen molar-refractivity contribution in [1.29, 1.82) is 0 Å². The second kappa shape index (κ2) is 4.24. The molecule has 0 unspecified atom stereocenters. The normalized spacial score (nSPS) is 22.6. The van der Waals surface area contributed by atoms with Crippen molar-refractivity contribution in [3.63, 3.8) is 0 Å². The molecule has 0 aliphatic carbocycles. The highest BCUT2D eigenvalue weighted by Gasteiger charge is 2.17. The Kier molecular flexibility index (Phi) is 2.79. The second-order valence-corrected chi connectivity index (χ2v) is 3.36. The van der Waals surface area contributed by atoms with E-state index in [1.807, 2.05) is 30.3 Å². The van der Waals surface area contributed by atoms with E-state index in [1.54, 1.807) is 0 Å². The third-order valence-corrected chi connectivity index (χ3v) is 2.30. The molecule has 1 heterocycles. The lowest BCUT2D eigenvalue weighted by molar-refractivity contribution is -0.121. The smallest absolute Gasteiger partial charge is 0.222 e. The molecular weight excluding hydrogens is 178 g/mol. The van der Waals surface area contributed by atoms with Crippen LogP contribution < -0.4 is 5.32 Å². The van der Waals surface area contributed by atoms with Crippen LogP contribution in [0.25, 0.3) is 0 Å². The summed E-state index contributed by atoms with van der Waals surface area (Å²) in [7, 11) is 0. The van der Waals surface area contributed by atoms with Gasteiger partial charge >= 0.3 is 0 Å². The zero-order valence-corrected chi connectivity index (χ0v) is 7.90. The van der Waals surface area contributed by atoms with E-state index in [2.05, 4.69) is 5.32 Å². The number of rotatable bonds is 1. The van der Waals surface area contributed by atoms with E-state index >= 15 is 0 Å². The Morgan fingerprint density at radius 1 is 1.29 bits per heavy atom. The molecule has 0 radical (unpaired) electrons. The lowest BCUT2D eigenvalue weighted by Crippen LogP contribution is -2.28. The fraction of sp³-hybridized carbons (Fsp3) is 0.364. The van der Waals surface area contributed by atoms with Crippen molar-refractivity contribution in [1.82, 2.24) is 5.32 Å². The van der Waals surface area contributed by atoms with Crippen LogP contribution in [0.4, 0.5) is 0 Å². The van der Waals surface area contributed by atoms with E-state index in [-0.39, 0.29) is 11.9 Å². The van der Waals surface area contributed by atoms with Gasteiger partial charge in [0.1, 0.15) is 0 Å². The molecule has 1 fully saturated rings. The van der Waals surface area contributed by atoms with Crippen LogP contribution in [0.2, 0.25) is 0 Å². The van der Waals surface area contributed by atoms with Crippen molar-refractivity contribution in [2.45, 2.75) is 12.5 Å².